The molecule has 7 nitrogen and oxygen atoms in total. The SMILES string of the molecule is CN1C(=O)CC(C(=O)N2CCC(O)(C(=O)O)CC2)C1c1ccc(Cl)c(F)c1. The van der Waals surface area contributed by atoms with E-state index in [2.05, 4.69) is 0 Å². The molecule has 2 saturated heterocycles. The molecule has 0 radical (unpaired) electrons. The van der Waals surface area contributed by atoms with Gasteiger partial charge in [-0.3, -0.25) is 9.59 Å². The molecule has 0 aliphatic carbocycles. The second-order valence-corrected chi connectivity index (χ2v) is 7.50. The Balaban J connectivity index is 1.81. The third kappa shape index (κ3) is 3.51. The zero-order valence-electron chi connectivity index (χ0n) is 14.7. The number of halogens is 2. The smallest absolute Gasteiger partial charge is 0.335 e. The van der Waals surface area contributed by atoms with E-state index in [1.54, 1.807) is 13.1 Å². The lowest BCUT2D eigenvalue weighted by molar-refractivity contribution is -0.166. The number of carbonyl (C=O) groups excluding carboxylic acids is 2. The van der Waals surface area contributed by atoms with Crippen molar-refractivity contribution < 1.29 is 29.0 Å². The minimum atomic E-state index is -1.84. The summed E-state index contributed by atoms with van der Waals surface area (Å²) in [6, 6.07) is 3.57. The van der Waals surface area contributed by atoms with Crippen LogP contribution in [-0.2, 0) is 14.4 Å². The van der Waals surface area contributed by atoms with Crippen molar-refractivity contribution in [3.8, 4) is 0 Å². The van der Waals surface area contributed by atoms with Crippen LogP contribution in [0.3, 0.4) is 0 Å². The highest BCUT2D eigenvalue weighted by molar-refractivity contribution is 6.30. The van der Waals surface area contributed by atoms with Crippen molar-refractivity contribution in [2.24, 2.45) is 5.92 Å². The van der Waals surface area contributed by atoms with Crippen LogP contribution >= 0.6 is 11.6 Å². The zero-order chi connectivity index (χ0) is 19.9. The molecular formula is C18H20ClFN2O5. The molecule has 146 valence electrons. The molecule has 0 bridgehead atoms. The van der Waals surface area contributed by atoms with Crippen LogP contribution in [0.4, 0.5) is 4.39 Å². The fraction of sp³-hybridized carbons (Fsp3) is 0.500. The van der Waals surface area contributed by atoms with Crippen molar-refractivity contribution in [3.05, 3.63) is 34.6 Å². The van der Waals surface area contributed by atoms with Crippen molar-refractivity contribution in [3.63, 3.8) is 0 Å². The summed E-state index contributed by atoms with van der Waals surface area (Å²) in [6.07, 6.45) is -0.167. The number of likely N-dealkylation sites (tertiary alicyclic amines) is 2. The first-order valence-corrected chi connectivity index (χ1v) is 8.97. The Morgan fingerprint density at radius 2 is 1.93 bits per heavy atom. The van der Waals surface area contributed by atoms with E-state index in [0.29, 0.717) is 5.56 Å². The van der Waals surface area contributed by atoms with Gasteiger partial charge in [0.1, 0.15) is 5.82 Å². The molecule has 2 atom stereocenters. The summed E-state index contributed by atoms with van der Waals surface area (Å²) in [7, 11) is 1.56. The lowest BCUT2D eigenvalue weighted by Gasteiger charge is -2.37. The second-order valence-electron chi connectivity index (χ2n) is 7.10. The number of amides is 2. The van der Waals surface area contributed by atoms with Gasteiger partial charge in [-0.15, -0.1) is 0 Å². The number of carboxylic acids is 1. The number of benzene rings is 1. The van der Waals surface area contributed by atoms with Crippen molar-refractivity contribution >= 4 is 29.4 Å². The largest absolute Gasteiger partial charge is 0.479 e. The summed E-state index contributed by atoms with van der Waals surface area (Å²) in [5.74, 6) is -3.18. The Bertz CT molecular complexity index is 794. The number of hydrogen-bond acceptors (Lipinski definition) is 4. The van der Waals surface area contributed by atoms with E-state index in [1.807, 2.05) is 0 Å². The van der Waals surface area contributed by atoms with Gasteiger partial charge < -0.3 is 20.0 Å². The molecule has 2 N–H and O–H groups in total. The molecule has 3 rings (SSSR count). The molecule has 2 unspecified atom stereocenters. The molecular weight excluding hydrogens is 379 g/mol. The maximum Gasteiger partial charge on any atom is 0.335 e. The highest BCUT2D eigenvalue weighted by atomic mass is 35.5. The van der Waals surface area contributed by atoms with Gasteiger partial charge in [0.15, 0.2) is 5.60 Å². The summed E-state index contributed by atoms with van der Waals surface area (Å²) >= 11 is 5.72. The molecule has 27 heavy (non-hydrogen) atoms. The van der Waals surface area contributed by atoms with E-state index in [1.165, 1.54) is 21.9 Å². The highest BCUT2D eigenvalue weighted by Crippen LogP contribution is 2.39. The van der Waals surface area contributed by atoms with E-state index < -0.39 is 29.3 Å². The highest BCUT2D eigenvalue weighted by Gasteiger charge is 2.47. The molecule has 2 heterocycles. The molecule has 9 heteroatoms. The van der Waals surface area contributed by atoms with Crippen LogP contribution in [0.25, 0.3) is 0 Å². The molecule has 1 aromatic rings. The number of piperidine rings is 1. The molecule has 2 amide bonds. The minimum Gasteiger partial charge on any atom is -0.479 e. The molecule has 0 saturated carbocycles. The lowest BCUT2D eigenvalue weighted by Crippen LogP contribution is -2.52. The Hall–Kier alpha value is -2.19. The number of carboxylic acid groups (broad SMARTS) is 1. The maximum absolute atomic E-state index is 13.9. The Kier molecular flexibility index (Phi) is 5.14. The van der Waals surface area contributed by atoms with Gasteiger partial charge in [-0.2, -0.15) is 0 Å². The fourth-order valence-electron chi connectivity index (χ4n) is 3.79. The van der Waals surface area contributed by atoms with Crippen LogP contribution in [0.2, 0.25) is 5.02 Å². The first-order valence-electron chi connectivity index (χ1n) is 8.59. The topological polar surface area (TPSA) is 98.2 Å². The second kappa shape index (κ2) is 7.09. The number of aliphatic carboxylic acids is 1. The Morgan fingerprint density at radius 3 is 2.48 bits per heavy atom. The van der Waals surface area contributed by atoms with Crippen molar-refractivity contribution in [1.29, 1.82) is 0 Å². The van der Waals surface area contributed by atoms with Crippen LogP contribution in [-0.4, -0.2) is 63.5 Å². The number of carbonyl (C=O) groups is 3. The molecule has 2 aliphatic rings. The predicted octanol–water partition coefficient (Wildman–Crippen LogP) is 1.44. The molecule has 0 aromatic heterocycles. The van der Waals surface area contributed by atoms with Crippen LogP contribution in [0.1, 0.15) is 30.9 Å². The summed E-state index contributed by atoms with van der Waals surface area (Å²) in [5, 5.41) is 19.1. The van der Waals surface area contributed by atoms with Crippen LogP contribution in [0, 0.1) is 11.7 Å². The van der Waals surface area contributed by atoms with E-state index in [4.69, 9.17) is 16.7 Å². The van der Waals surface area contributed by atoms with Gasteiger partial charge in [0.2, 0.25) is 11.8 Å². The average Bonchev–Trinajstić information content (AvgIpc) is 2.92. The Labute approximate surface area is 160 Å². The standard InChI is InChI=1S/C18H20ClFN2O5/c1-21-14(23)9-11(15(21)10-2-3-12(19)13(20)8-10)16(24)22-6-4-18(27,5-7-22)17(25)26/h2-3,8,11,15,27H,4-7,9H2,1H3,(H,25,26). The van der Waals surface area contributed by atoms with Gasteiger partial charge in [0, 0.05) is 39.4 Å². The summed E-state index contributed by atoms with van der Waals surface area (Å²) in [5.41, 5.74) is -1.36. The van der Waals surface area contributed by atoms with Crippen molar-refractivity contribution in [2.45, 2.75) is 30.9 Å². The predicted molar refractivity (Wildman–Crippen MR) is 93.4 cm³/mol. The number of aliphatic hydroxyl groups is 1. The van der Waals surface area contributed by atoms with Crippen molar-refractivity contribution in [1.82, 2.24) is 9.80 Å². The zero-order valence-corrected chi connectivity index (χ0v) is 15.4. The quantitative estimate of drug-likeness (QED) is 0.802. The van der Waals surface area contributed by atoms with Gasteiger partial charge in [0.05, 0.1) is 17.0 Å². The molecule has 0 spiro atoms. The third-order valence-electron chi connectivity index (χ3n) is 5.49. The number of hydrogen-bond donors (Lipinski definition) is 2. The van der Waals surface area contributed by atoms with E-state index in [-0.39, 0.29) is 49.2 Å². The fourth-order valence-corrected chi connectivity index (χ4v) is 3.91. The van der Waals surface area contributed by atoms with Gasteiger partial charge >= 0.3 is 5.97 Å². The number of rotatable bonds is 3. The molecule has 2 fully saturated rings. The first kappa shape index (κ1) is 19.6. The lowest BCUT2D eigenvalue weighted by atomic mass is 9.88. The van der Waals surface area contributed by atoms with Gasteiger partial charge in [-0.1, -0.05) is 17.7 Å². The third-order valence-corrected chi connectivity index (χ3v) is 5.80. The van der Waals surface area contributed by atoms with Crippen LogP contribution < -0.4 is 0 Å². The average molecular weight is 399 g/mol. The molecule has 2 aliphatic heterocycles. The summed E-state index contributed by atoms with van der Waals surface area (Å²) in [4.78, 5) is 39.2. The summed E-state index contributed by atoms with van der Waals surface area (Å²) < 4.78 is 13.9. The number of nitrogens with zero attached hydrogens (tertiary/aromatic N) is 2. The summed E-state index contributed by atoms with van der Waals surface area (Å²) in [6.45, 7) is 0.162. The van der Waals surface area contributed by atoms with E-state index >= 15 is 0 Å². The van der Waals surface area contributed by atoms with Crippen LogP contribution in [0.15, 0.2) is 18.2 Å². The van der Waals surface area contributed by atoms with Crippen molar-refractivity contribution in [2.75, 3.05) is 20.1 Å². The van der Waals surface area contributed by atoms with Crippen LogP contribution in [0.5, 0.6) is 0 Å². The molecule has 1 aromatic carbocycles. The maximum atomic E-state index is 13.9. The minimum absolute atomic E-state index is 0.00998. The van der Waals surface area contributed by atoms with E-state index in [9.17, 15) is 23.9 Å². The normalized spacial score (nSPS) is 25.0. The van der Waals surface area contributed by atoms with Gasteiger partial charge in [0.25, 0.3) is 0 Å². The Morgan fingerprint density at radius 1 is 1.30 bits per heavy atom. The first-order chi connectivity index (χ1) is 12.6. The van der Waals surface area contributed by atoms with Gasteiger partial charge in [-0.25, -0.2) is 9.18 Å². The monoisotopic (exact) mass is 398 g/mol. The van der Waals surface area contributed by atoms with Gasteiger partial charge in [-0.05, 0) is 17.7 Å². The van der Waals surface area contributed by atoms with E-state index in [0.717, 1.165) is 0 Å².